The summed E-state index contributed by atoms with van der Waals surface area (Å²) in [5, 5.41) is 0. The molecule has 0 saturated heterocycles. The van der Waals surface area contributed by atoms with Crippen molar-refractivity contribution in [2.24, 2.45) is 0 Å². The van der Waals surface area contributed by atoms with Gasteiger partial charge in [-0.25, -0.2) is 8.98 Å². The summed E-state index contributed by atoms with van der Waals surface area (Å²) < 4.78 is 68.9. The normalized spacial score (nSPS) is 14.2. The predicted octanol–water partition coefficient (Wildman–Crippen LogP) is 3.20. The van der Waals surface area contributed by atoms with E-state index >= 15 is 0 Å². The summed E-state index contributed by atoms with van der Waals surface area (Å²) in [6, 6.07) is 8.57. The maximum absolute atomic E-state index is 12.5. The molecule has 0 unspecified atom stereocenters. The summed E-state index contributed by atoms with van der Waals surface area (Å²) >= 11 is 0. The van der Waals surface area contributed by atoms with Crippen LogP contribution in [0.4, 0.5) is 13.2 Å². The fourth-order valence-electron chi connectivity index (χ4n) is 1.72. The molecule has 0 aromatic heterocycles. The number of carbonyl (C=O) groups is 1. The lowest BCUT2D eigenvalue weighted by atomic mass is 10.1. The smallest absolute Gasteiger partial charge is 0.458 e. The standard InChI is InChI=1S/C15H19F3O5S/c1-14(2,3)22-13(19)12(23-24(20,21)15(16,17)18)10-9-11-7-5-4-6-8-11/h4-8,12H,9-10H2,1-3H3/t12-/m1/s1. The molecule has 1 atom stereocenters. The van der Waals surface area contributed by atoms with Crippen LogP contribution in [0, 0.1) is 0 Å². The molecule has 0 bridgehead atoms. The van der Waals surface area contributed by atoms with E-state index < -0.39 is 33.3 Å². The summed E-state index contributed by atoms with van der Waals surface area (Å²) in [5.74, 6) is -1.16. The summed E-state index contributed by atoms with van der Waals surface area (Å²) in [6.45, 7) is 4.53. The topological polar surface area (TPSA) is 69.7 Å². The lowest BCUT2D eigenvalue weighted by Crippen LogP contribution is -2.38. The summed E-state index contributed by atoms with van der Waals surface area (Å²) in [7, 11) is -5.90. The number of halogens is 3. The molecule has 0 heterocycles. The molecule has 0 saturated carbocycles. The highest BCUT2D eigenvalue weighted by Gasteiger charge is 2.49. The highest BCUT2D eigenvalue weighted by Crippen LogP contribution is 2.27. The van der Waals surface area contributed by atoms with Crippen molar-refractivity contribution in [3.63, 3.8) is 0 Å². The highest BCUT2D eigenvalue weighted by atomic mass is 32.2. The molecule has 0 aliphatic heterocycles. The van der Waals surface area contributed by atoms with Crippen LogP contribution in [0.15, 0.2) is 30.3 Å². The molecular formula is C15H19F3O5S. The van der Waals surface area contributed by atoms with Gasteiger partial charge in [0.15, 0.2) is 6.10 Å². The number of aryl methyl sites for hydroxylation is 1. The van der Waals surface area contributed by atoms with Gasteiger partial charge >= 0.3 is 21.6 Å². The lowest BCUT2D eigenvalue weighted by Gasteiger charge is -2.24. The molecule has 5 nitrogen and oxygen atoms in total. The third-order valence-corrected chi connectivity index (χ3v) is 3.79. The molecule has 0 radical (unpaired) electrons. The Kier molecular flexibility index (Phi) is 6.40. The zero-order valence-corrected chi connectivity index (χ0v) is 14.3. The first-order valence-corrected chi connectivity index (χ1v) is 8.49. The second-order valence-electron chi connectivity index (χ2n) is 6.04. The molecule has 136 valence electrons. The summed E-state index contributed by atoms with van der Waals surface area (Å²) in [4.78, 5) is 12.0. The van der Waals surface area contributed by atoms with E-state index in [1.54, 1.807) is 30.3 Å². The first kappa shape index (κ1) is 20.4. The second-order valence-corrected chi connectivity index (χ2v) is 7.61. The van der Waals surface area contributed by atoms with E-state index in [4.69, 9.17) is 4.74 Å². The van der Waals surface area contributed by atoms with Crippen LogP contribution < -0.4 is 0 Å². The van der Waals surface area contributed by atoms with Crippen LogP contribution in [0.2, 0.25) is 0 Å². The first-order chi connectivity index (χ1) is 10.8. The van der Waals surface area contributed by atoms with Crippen LogP contribution in [0.1, 0.15) is 32.8 Å². The van der Waals surface area contributed by atoms with Gasteiger partial charge in [0.2, 0.25) is 0 Å². The number of benzene rings is 1. The van der Waals surface area contributed by atoms with Gasteiger partial charge in [-0.1, -0.05) is 30.3 Å². The van der Waals surface area contributed by atoms with Crippen molar-refractivity contribution in [3.05, 3.63) is 35.9 Å². The Labute approximate surface area is 138 Å². The Morgan fingerprint density at radius 3 is 2.12 bits per heavy atom. The Morgan fingerprint density at radius 1 is 1.12 bits per heavy atom. The highest BCUT2D eigenvalue weighted by molar-refractivity contribution is 7.87. The number of alkyl halides is 3. The van der Waals surface area contributed by atoms with Crippen LogP contribution in [-0.4, -0.2) is 31.6 Å². The molecule has 0 aliphatic carbocycles. The number of esters is 1. The molecule has 1 aromatic rings. The van der Waals surface area contributed by atoms with E-state index in [9.17, 15) is 26.4 Å². The molecule has 0 amide bonds. The molecule has 0 spiro atoms. The Hall–Kier alpha value is -1.61. The molecular weight excluding hydrogens is 349 g/mol. The molecule has 24 heavy (non-hydrogen) atoms. The molecule has 1 rings (SSSR count). The average molecular weight is 368 g/mol. The minimum absolute atomic E-state index is 0.151. The monoisotopic (exact) mass is 368 g/mol. The third kappa shape index (κ3) is 6.48. The van der Waals surface area contributed by atoms with E-state index in [1.165, 1.54) is 20.8 Å². The van der Waals surface area contributed by atoms with Gasteiger partial charge in [-0.15, -0.1) is 0 Å². The number of ether oxygens (including phenoxy) is 1. The number of hydrogen-bond acceptors (Lipinski definition) is 5. The molecule has 0 fully saturated rings. The van der Waals surface area contributed by atoms with Crippen LogP contribution in [0.25, 0.3) is 0 Å². The fraction of sp³-hybridized carbons (Fsp3) is 0.533. The van der Waals surface area contributed by atoms with Gasteiger partial charge in [-0.2, -0.15) is 21.6 Å². The van der Waals surface area contributed by atoms with Crippen LogP contribution >= 0.6 is 0 Å². The summed E-state index contributed by atoms with van der Waals surface area (Å²) in [5.41, 5.74) is -5.88. The number of rotatable bonds is 6. The number of carbonyl (C=O) groups excluding carboxylic acids is 1. The van der Waals surface area contributed by atoms with Crippen LogP contribution in [0.3, 0.4) is 0 Å². The van der Waals surface area contributed by atoms with Crippen molar-refractivity contribution in [2.75, 3.05) is 0 Å². The van der Waals surface area contributed by atoms with Gasteiger partial charge in [0, 0.05) is 0 Å². The fourth-order valence-corrected chi connectivity index (χ4v) is 2.31. The van der Waals surface area contributed by atoms with E-state index in [2.05, 4.69) is 4.18 Å². The van der Waals surface area contributed by atoms with Gasteiger partial charge < -0.3 is 4.74 Å². The summed E-state index contributed by atoms with van der Waals surface area (Å²) in [6.07, 6.45) is -2.00. The molecule has 0 aliphatic rings. The lowest BCUT2D eigenvalue weighted by molar-refractivity contribution is -0.164. The molecule has 1 aromatic carbocycles. The minimum Gasteiger partial charge on any atom is -0.458 e. The van der Waals surface area contributed by atoms with Gasteiger partial charge in [-0.3, -0.25) is 0 Å². The first-order valence-electron chi connectivity index (χ1n) is 7.08. The van der Waals surface area contributed by atoms with Crippen molar-refractivity contribution in [1.82, 2.24) is 0 Å². The van der Waals surface area contributed by atoms with Gasteiger partial charge in [0.1, 0.15) is 5.60 Å². The molecule has 9 heteroatoms. The number of hydrogen-bond donors (Lipinski definition) is 0. The van der Waals surface area contributed by atoms with Crippen LogP contribution in [0.5, 0.6) is 0 Å². The van der Waals surface area contributed by atoms with E-state index in [-0.39, 0.29) is 12.8 Å². The quantitative estimate of drug-likeness (QED) is 0.438. The SMILES string of the molecule is CC(C)(C)OC(=O)[C@@H](CCc1ccccc1)OS(=O)(=O)C(F)(F)F. The van der Waals surface area contributed by atoms with Gasteiger partial charge in [0.25, 0.3) is 0 Å². The van der Waals surface area contributed by atoms with Crippen molar-refractivity contribution in [1.29, 1.82) is 0 Å². The van der Waals surface area contributed by atoms with Crippen molar-refractivity contribution < 1.29 is 35.3 Å². The van der Waals surface area contributed by atoms with Gasteiger partial charge in [-0.05, 0) is 39.2 Å². The van der Waals surface area contributed by atoms with Gasteiger partial charge in [0.05, 0.1) is 0 Å². The second kappa shape index (κ2) is 7.52. The van der Waals surface area contributed by atoms with Crippen molar-refractivity contribution in [3.8, 4) is 0 Å². The van der Waals surface area contributed by atoms with E-state index in [0.717, 1.165) is 5.56 Å². The maximum atomic E-state index is 12.5. The average Bonchev–Trinajstić information content (AvgIpc) is 2.41. The zero-order valence-electron chi connectivity index (χ0n) is 13.5. The van der Waals surface area contributed by atoms with E-state index in [1.807, 2.05) is 0 Å². The predicted molar refractivity (Wildman–Crippen MR) is 80.5 cm³/mol. The largest absolute Gasteiger partial charge is 0.523 e. The Balaban J connectivity index is 2.93. The van der Waals surface area contributed by atoms with Crippen LogP contribution in [-0.2, 0) is 30.3 Å². The van der Waals surface area contributed by atoms with Crippen molar-refractivity contribution in [2.45, 2.75) is 50.8 Å². The van der Waals surface area contributed by atoms with E-state index in [0.29, 0.717) is 0 Å². The Bertz CT molecular complexity index is 648. The Morgan fingerprint density at radius 2 is 1.67 bits per heavy atom. The maximum Gasteiger partial charge on any atom is 0.523 e. The zero-order chi connectivity index (χ0) is 18.6. The minimum atomic E-state index is -5.90. The molecule has 0 N–H and O–H groups in total. The third-order valence-electron chi connectivity index (χ3n) is 2.73. The van der Waals surface area contributed by atoms with Crippen molar-refractivity contribution >= 4 is 16.1 Å².